The largest absolute Gasteiger partial charge is 0.369 e. The summed E-state index contributed by atoms with van der Waals surface area (Å²) in [6, 6.07) is 15.7. The van der Waals surface area contributed by atoms with Crippen LogP contribution in [-0.2, 0) is 9.59 Å². The number of primary amides is 1. The second-order valence-electron chi connectivity index (χ2n) is 8.52. The third-order valence-electron chi connectivity index (χ3n) is 6.21. The highest BCUT2D eigenvalue weighted by molar-refractivity contribution is 6.16. The van der Waals surface area contributed by atoms with Gasteiger partial charge in [0, 0.05) is 23.1 Å². The number of halogens is 1. The molecule has 0 spiro atoms. The van der Waals surface area contributed by atoms with Crippen LogP contribution in [0.3, 0.4) is 0 Å². The van der Waals surface area contributed by atoms with Crippen LogP contribution in [0.25, 0.3) is 5.65 Å². The number of anilines is 2. The zero-order valence-corrected chi connectivity index (χ0v) is 18.4. The van der Waals surface area contributed by atoms with Gasteiger partial charge < -0.3 is 5.73 Å². The lowest BCUT2D eigenvalue weighted by molar-refractivity contribution is -0.133. The van der Waals surface area contributed by atoms with Crippen molar-refractivity contribution in [3.63, 3.8) is 0 Å². The Hall–Kier alpha value is -4.33. The number of hydrogen-bond donors (Lipinski definition) is 1. The van der Waals surface area contributed by atoms with Crippen molar-refractivity contribution in [2.75, 3.05) is 4.90 Å². The molecular formula is C26H21FN4O3. The van der Waals surface area contributed by atoms with E-state index in [1.165, 1.54) is 35.4 Å². The Labute approximate surface area is 194 Å². The number of ketones is 1. The number of amides is 2. The minimum Gasteiger partial charge on any atom is -0.369 e. The normalized spacial score (nSPS) is 14.1. The van der Waals surface area contributed by atoms with Gasteiger partial charge in [-0.25, -0.2) is 9.37 Å². The molecule has 1 saturated carbocycles. The molecule has 1 fully saturated rings. The number of benzene rings is 2. The molecule has 0 atom stereocenters. The minimum absolute atomic E-state index is 0.224. The van der Waals surface area contributed by atoms with Crippen LogP contribution in [0.15, 0.2) is 73.1 Å². The molecule has 2 aromatic heterocycles. The van der Waals surface area contributed by atoms with Crippen LogP contribution in [0, 0.1) is 18.2 Å². The van der Waals surface area contributed by atoms with E-state index in [1.807, 2.05) is 19.1 Å². The van der Waals surface area contributed by atoms with Crippen LogP contribution in [0.5, 0.6) is 0 Å². The molecule has 0 aliphatic heterocycles. The summed E-state index contributed by atoms with van der Waals surface area (Å²) in [5, 5.41) is 0. The van der Waals surface area contributed by atoms with Crippen molar-refractivity contribution in [3.8, 4) is 0 Å². The molecule has 170 valence electrons. The summed E-state index contributed by atoms with van der Waals surface area (Å²) in [6.45, 7) is 1.95. The van der Waals surface area contributed by atoms with E-state index in [0.29, 0.717) is 41.1 Å². The van der Waals surface area contributed by atoms with Crippen molar-refractivity contribution in [2.24, 2.45) is 11.1 Å². The van der Waals surface area contributed by atoms with Crippen LogP contribution in [0.2, 0.25) is 0 Å². The van der Waals surface area contributed by atoms with Gasteiger partial charge in [0.1, 0.15) is 22.6 Å². The number of fused-ring (bicyclic) bond motifs is 1. The Morgan fingerprint density at radius 3 is 2.21 bits per heavy atom. The lowest BCUT2D eigenvalue weighted by atomic mass is 10.0. The lowest BCUT2D eigenvalue weighted by Crippen LogP contribution is -2.41. The van der Waals surface area contributed by atoms with Gasteiger partial charge in [-0.05, 0) is 86.0 Å². The van der Waals surface area contributed by atoms with E-state index in [4.69, 9.17) is 5.73 Å². The molecule has 5 rings (SSSR count). The van der Waals surface area contributed by atoms with E-state index in [2.05, 4.69) is 4.98 Å². The molecule has 0 unspecified atom stereocenters. The average Bonchev–Trinajstić information content (AvgIpc) is 3.55. The predicted molar refractivity (Wildman–Crippen MR) is 124 cm³/mol. The maximum atomic E-state index is 13.5. The predicted octanol–water partition coefficient (Wildman–Crippen LogP) is 3.94. The molecule has 2 heterocycles. The number of pyridine rings is 1. The lowest BCUT2D eigenvalue weighted by Gasteiger charge is -2.26. The number of aryl methyl sites for hydroxylation is 1. The zero-order chi connectivity index (χ0) is 24.0. The third-order valence-corrected chi connectivity index (χ3v) is 6.21. The summed E-state index contributed by atoms with van der Waals surface area (Å²) < 4.78 is 15.2. The summed E-state index contributed by atoms with van der Waals surface area (Å²) in [4.78, 5) is 44.2. The molecule has 2 aromatic carbocycles. The minimum atomic E-state index is -1.27. The molecule has 34 heavy (non-hydrogen) atoms. The summed E-state index contributed by atoms with van der Waals surface area (Å²) in [5.41, 5.74) is 7.64. The zero-order valence-electron chi connectivity index (χ0n) is 18.4. The molecule has 4 aromatic rings. The molecule has 2 N–H and O–H groups in total. The van der Waals surface area contributed by atoms with Crippen LogP contribution in [0.4, 0.5) is 15.8 Å². The monoisotopic (exact) mass is 456 g/mol. The van der Waals surface area contributed by atoms with E-state index in [-0.39, 0.29) is 5.78 Å². The summed E-state index contributed by atoms with van der Waals surface area (Å²) in [5.74, 6) is -1.82. The first-order valence-corrected chi connectivity index (χ1v) is 10.8. The molecular weight excluding hydrogens is 435 g/mol. The topological polar surface area (TPSA) is 97.8 Å². The Kier molecular flexibility index (Phi) is 5.01. The van der Waals surface area contributed by atoms with Gasteiger partial charge in [0.05, 0.1) is 6.20 Å². The Morgan fingerprint density at radius 1 is 1.00 bits per heavy atom. The Balaban J connectivity index is 1.51. The molecule has 0 radical (unpaired) electrons. The number of carbonyl (C=O) groups is 3. The van der Waals surface area contributed by atoms with Gasteiger partial charge in [-0.15, -0.1) is 0 Å². The molecule has 2 amide bonds. The highest BCUT2D eigenvalue weighted by Crippen LogP contribution is 2.49. The summed E-state index contributed by atoms with van der Waals surface area (Å²) in [6.07, 6.45) is 4.06. The molecule has 0 saturated heterocycles. The quantitative estimate of drug-likeness (QED) is 0.351. The second kappa shape index (κ2) is 7.91. The van der Waals surface area contributed by atoms with Crippen molar-refractivity contribution in [3.05, 3.63) is 95.7 Å². The number of nitrogens with two attached hydrogens (primary N) is 1. The maximum Gasteiger partial charge on any atom is 0.247 e. The van der Waals surface area contributed by atoms with Gasteiger partial charge >= 0.3 is 0 Å². The number of carbonyl (C=O) groups excluding carboxylic acids is 3. The number of rotatable bonds is 6. The van der Waals surface area contributed by atoms with E-state index < -0.39 is 23.0 Å². The highest BCUT2D eigenvalue weighted by atomic mass is 19.1. The highest BCUT2D eigenvalue weighted by Gasteiger charge is 2.57. The van der Waals surface area contributed by atoms with Crippen LogP contribution >= 0.6 is 0 Å². The van der Waals surface area contributed by atoms with Crippen molar-refractivity contribution < 1.29 is 18.8 Å². The molecule has 1 aliphatic rings. The standard InChI is InChI=1S/C26H21FN4O3/c1-16-10-13-30-21(15-29-22(30)14-16)23(32)17-2-6-19(7-3-17)31(20-8-4-18(27)5-9-20)25(34)26(11-12-26)24(28)33/h2-10,13-15H,11-12H2,1H3,(H2,28,33). The summed E-state index contributed by atoms with van der Waals surface area (Å²) >= 11 is 0. The summed E-state index contributed by atoms with van der Waals surface area (Å²) in [7, 11) is 0. The molecule has 7 nitrogen and oxygen atoms in total. The van der Waals surface area contributed by atoms with Crippen molar-refractivity contribution in [2.45, 2.75) is 19.8 Å². The average molecular weight is 456 g/mol. The first-order valence-electron chi connectivity index (χ1n) is 10.8. The van der Waals surface area contributed by atoms with E-state index >= 15 is 0 Å². The Bertz CT molecular complexity index is 1440. The first-order chi connectivity index (χ1) is 16.3. The van der Waals surface area contributed by atoms with Crippen LogP contribution in [0.1, 0.15) is 34.5 Å². The maximum absolute atomic E-state index is 13.5. The fourth-order valence-corrected chi connectivity index (χ4v) is 4.04. The van der Waals surface area contributed by atoms with Gasteiger partial charge in [-0.2, -0.15) is 0 Å². The molecule has 1 aliphatic carbocycles. The van der Waals surface area contributed by atoms with E-state index in [0.717, 1.165) is 5.56 Å². The molecule has 0 bridgehead atoms. The fraction of sp³-hybridized carbons (Fsp3) is 0.154. The van der Waals surface area contributed by atoms with Crippen LogP contribution < -0.4 is 10.6 Å². The number of nitrogens with zero attached hydrogens (tertiary/aromatic N) is 3. The smallest absolute Gasteiger partial charge is 0.247 e. The van der Waals surface area contributed by atoms with E-state index in [9.17, 15) is 18.8 Å². The third kappa shape index (κ3) is 3.53. The van der Waals surface area contributed by atoms with Crippen LogP contribution in [-0.4, -0.2) is 27.0 Å². The number of imidazole rings is 1. The van der Waals surface area contributed by atoms with Crippen molar-refractivity contribution in [1.82, 2.24) is 9.38 Å². The SMILES string of the molecule is Cc1ccn2c(C(=O)c3ccc(N(C(=O)C4(C(N)=O)CC4)c4ccc(F)cc4)cc3)cnc2c1. The van der Waals surface area contributed by atoms with Crippen molar-refractivity contribution >= 4 is 34.6 Å². The molecule has 8 heteroatoms. The number of hydrogen-bond acceptors (Lipinski definition) is 4. The second-order valence-corrected chi connectivity index (χ2v) is 8.52. The van der Waals surface area contributed by atoms with Gasteiger partial charge in [0.15, 0.2) is 0 Å². The van der Waals surface area contributed by atoms with Crippen molar-refractivity contribution in [1.29, 1.82) is 0 Å². The van der Waals surface area contributed by atoms with Gasteiger partial charge in [-0.1, -0.05) is 0 Å². The van der Waals surface area contributed by atoms with Gasteiger partial charge in [0.2, 0.25) is 17.6 Å². The first kappa shape index (κ1) is 21.5. The van der Waals surface area contributed by atoms with Gasteiger partial charge in [0.25, 0.3) is 0 Å². The Morgan fingerprint density at radius 2 is 1.62 bits per heavy atom. The fourth-order valence-electron chi connectivity index (χ4n) is 4.04. The van der Waals surface area contributed by atoms with E-state index in [1.54, 1.807) is 34.9 Å². The van der Waals surface area contributed by atoms with Gasteiger partial charge in [-0.3, -0.25) is 23.7 Å². The number of aromatic nitrogens is 2.